The first-order valence-corrected chi connectivity index (χ1v) is 7.08. The molecule has 1 amide bonds. The Morgan fingerprint density at radius 1 is 1.25 bits per heavy atom. The van der Waals surface area contributed by atoms with Gasteiger partial charge < -0.3 is 10.1 Å². The Hall–Kier alpha value is -1.42. The van der Waals surface area contributed by atoms with Crippen molar-refractivity contribution < 1.29 is 13.9 Å². The summed E-state index contributed by atoms with van der Waals surface area (Å²) in [6.45, 7) is 5.35. The fraction of sp³-hybridized carbons (Fsp3) is 0.562. The minimum atomic E-state index is -0.281. The summed E-state index contributed by atoms with van der Waals surface area (Å²) in [6, 6.07) is 6.17. The van der Waals surface area contributed by atoms with Crippen molar-refractivity contribution in [1.82, 2.24) is 5.32 Å². The molecular formula is C16H24FNO2. The summed E-state index contributed by atoms with van der Waals surface area (Å²) in [6.07, 6.45) is 1.83. The lowest BCUT2D eigenvalue weighted by atomic mass is 9.87. The third kappa shape index (κ3) is 5.29. The molecule has 1 N–H and O–H groups in total. The van der Waals surface area contributed by atoms with Gasteiger partial charge in [0, 0.05) is 20.3 Å². The molecule has 112 valence electrons. The molecule has 0 bridgehead atoms. The van der Waals surface area contributed by atoms with Gasteiger partial charge in [-0.1, -0.05) is 26.0 Å². The number of nitrogens with one attached hydrogen (secondary N) is 1. The van der Waals surface area contributed by atoms with Gasteiger partial charge in [0.1, 0.15) is 5.82 Å². The molecule has 0 radical (unpaired) electrons. The fourth-order valence-electron chi connectivity index (χ4n) is 2.20. The van der Waals surface area contributed by atoms with Crippen molar-refractivity contribution in [1.29, 1.82) is 0 Å². The Morgan fingerprint density at radius 2 is 1.90 bits per heavy atom. The van der Waals surface area contributed by atoms with E-state index in [2.05, 4.69) is 5.32 Å². The molecule has 0 fully saturated rings. The zero-order valence-corrected chi connectivity index (χ0v) is 12.5. The molecule has 0 saturated heterocycles. The van der Waals surface area contributed by atoms with Crippen molar-refractivity contribution in [3.8, 4) is 0 Å². The average Bonchev–Trinajstić information content (AvgIpc) is 2.40. The zero-order chi connectivity index (χ0) is 15.0. The fourth-order valence-corrected chi connectivity index (χ4v) is 2.20. The first-order valence-electron chi connectivity index (χ1n) is 7.08. The number of carbonyl (C=O) groups excluding carboxylic acids is 1. The molecule has 1 rings (SSSR count). The van der Waals surface area contributed by atoms with E-state index in [1.54, 1.807) is 19.2 Å². The molecule has 20 heavy (non-hydrogen) atoms. The van der Waals surface area contributed by atoms with Crippen molar-refractivity contribution in [3.05, 3.63) is 35.6 Å². The van der Waals surface area contributed by atoms with Gasteiger partial charge in [0.25, 0.3) is 0 Å². The first-order chi connectivity index (χ1) is 9.56. The van der Waals surface area contributed by atoms with Crippen LogP contribution in [0.5, 0.6) is 0 Å². The summed E-state index contributed by atoms with van der Waals surface area (Å²) in [5.74, 6) is -0.349. The Morgan fingerprint density at radius 3 is 2.45 bits per heavy atom. The summed E-state index contributed by atoms with van der Waals surface area (Å²) < 4.78 is 17.9. The lowest BCUT2D eigenvalue weighted by Crippen LogP contribution is -2.32. The second-order valence-electron chi connectivity index (χ2n) is 5.26. The van der Waals surface area contributed by atoms with Crippen molar-refractivity contribution in [3.63, 3.8) is 0 Å². The van der Waals surface area contributed by atoms with Gasteiger partial charge in [0.05, 0.1) is 5.92 Å². The molecule has 1 aromatic rings. The number of halogens is 1. The molecule has 0 aliphatic rings. The van der Waals surface area contributed by atoms with Crippen LogP contribution in [0.3, 0.4) is 0 Å². The van der Waals surface area contributed by atoms with E-state index >= 15 is 0 Å². The van der Waals surface area contributed by atoms with E-state index in [4.69, 9.17) is 4.74 Å². The van der Waals surface area contributed by atoms with Gasteiger partial charge in [-0.15, -0.1) is 0 Å². The molecule has 0 aliphatic carbocycles. The number of rotatable bonds is 8. The molecule has 4 heteroatoms. The lowest BCUT2D eigenvalue weighted by molar-refractivity contribution is -0.123. The Bertz CT molecular complexity index is 403. The number of unbranched alkanes of at least 4 members (excludes halogenated alkanes) is 1. The van der Waals surface area contributed by atoms with Crippen molar-refractivity contribution >= 4 is 5.91 Å². The summed E-state index contributed by atoms with van der Waals surface area (Å²) in [7, 11) is 1.67. The van der Waals surface area contributed by atoms with Crippen LogP contribution in [0.15, 0.2) is 24.3 Å². The molecule has 0 heterocycles. The van der Waals surface area contributed by atoms with Gasteiger partial charge >= 0.3 is 0 Å². The van der Waals surface area contributed by atoms with Crippen molar-refractivity contribution in [2.75, 3.05) is 20.3 Å². The molecular weight excluding hydrogens is 257 g/mol. The van der Waals surface area contributed by atoms with E-state index in [1.807, 2.05) is 13.8 Å². The summed E-state index contributed by atoms with van der Waals surface area (Å²) in [5, 5.41) is 2.95. The van der Waals surface area contributed by atoms with E-state index in [0.29, 0.717) is 13.2 Å². The van der Waals surface area contributed by atoms with E-state index in [9.17, 15) is 9.18 Å². The smallest absolute Gasteiger partial charge is 0.227 e. The highest BCUT2D eigenvalue weighted by Crippen LogP contribution is 2.24. The lowest BCUT2D eigenvalue weighted by Gasteiger charge is -2.20. The van der Waals surface area contributed by atoms with Gasteiger partial charge in [-0.3, -0.25) is 4.79 Å². The van der Waals surface area contributed by atoms with Crippen molar-refractivity contribution in [2.24, 2.45) is 5.92 Å². The average molecular weight is 281 g/mol. The zero-order valence-electron chi connectivity index (χ0n) is 12.5. The van der Waals surface area contributed by atoms with Gasteiger partial charge in [-0.25, -0.2) is 4.39 Å². The third-order valence-electron chi connectivity index (χ3n) is 3.25. The van der Waals surface area contributed by atoms with Crippen LogP contribution in [0.1, 0.15) is 38.2 Å². The standard InChI is InChI=1S/C16H24FNO2/c1-12(2)15(13-6-8-14(17)9-7-13)16(19)18-10-4-5-11-20-3/h6-9,12,15H,4-5,10-11H2,1-3H3,(H,18,19). The molecule has 0 saturated carbocycles. The maximum atomic E-state index is 13.0. The molecule has 1 unspecified atom stereocenters. The second kappa shape index (κ2) is 8.69. The number of hydrogen-bond acceptors (Lipinski definition) is 2. The Kier molecular flexibility index (Phi) is 7.23. The third-order valence-corrected chi connectivity index (χ3v) is 3.25. The second-order valence-corrected chi connectivity index (χ2v) is 5.26. The molecule has 1 aromatic carbocycles. The Balaban J connectivity index is 2.57. The van der Waals surface area contributed by atoms with Crippen LogP contribution in [0.25, 0.3) is 0 Å². The Labute approximate surface area is 120 Å². The van der Waals surface area contributed by atoms with Crippen LogP contribution < -0.4 is 5.32 Å². The van der Waals surface area contributed by atoms with E-state index in [0.717, 1.165) is 18.4 Å². The molecule has 3 nitrogen and oxygen atoms in total. The van der Waals surface area contributed by atoms with Gasteiger partial charge in [-0.05, 0) is 36.5 Å². The highest BCUT2D eigenvalue weighted by Gasteiger charge is 2.23. The number of amides is 1. The van der Waals surface area contributed by atoms with Crippen LogP contribution in [-0.4, -0.2) is 26.2 Å². The molecule has 1 atom stereocenters. The topological polar surface area (TPSA) is 38.3 Å². The SMILES string of the molecule is COCCCCNC(=O)C(c1ccc(F)cc1)C(C)C. The van der Waals surface area contributed by atoms with Gasteiger partial charge in [-0.2, -0.15) is 0 Å². The minimum Gasteiger partial charge on any atom is -0.385 e. The number of benzene rings is 1. The predicted molar refractivity (Wildman–Crippen MR) is 78.1 cm³/mol. The van der Waals surface area contributed by atoms with E-state index in [1.165, 1.54) is 12.1 Å². The highest BCUT2D eigenvalue weighted by atomic mass is 19.1. The molecule has 0 aromatic heterocycles. The predicted octanol–water partition coefficient (Wildman–Crippen LogP) is 3.11. The van der Waals surface area contributed by atoms with Crippen molar-refractivity contribution in [2.45, 2.75) is 32.6 Å². The van der Waals surface area contributed by atoms with Crippen LogP contribution in [0.2, 0.25) is 0 Å². The van der Waals surface area contributed by atoms with E-state index < -0.39 is 0 Å². The van der Waals surface area contributed by atoms with Gasteiger partial charge in [0.15, 0.2) is 0 Å². The number of methoxy groups -OCH3 is 1. The normalized spacial score (nSPS) is 12.4. The van der Waals surface area contributed by atoms with Crippen LogP contribution >= 0.6 is 0 Å². The van der Waals surface area contributed by atoms with Gasteiger partial charge in [0.2, 0.25) is 5.91 Å². The number of carbonyl (C=O) groups is 1. The number of hydrogen-bond donors (Lipinski definition) is 1. The summed E-state index contributed by atoms with van der Waals surface area (Å²) in [5.41, 5.74) is 0.857. The van der Waals surface area contributed by atoms with E-state index in [-0.39, 0.29) is 23.6 Å². The minimum absolute atomic E-state index is 0.00373. The quantitative estimate of drug-likeness (QED) is 0.744. The molecule has 0 aliphatic heterocycles. The maximum Gasteiger partial charge on any atom is 0.227 e. The van der Waals surface area contributed by atoms with Crippen LogP contribution in [0.4, 0.5) is 4.39 Å². The molecule has 0 spiro atoms. The number of ether oxygens (including phenoxy) is 1. The van der Waals surface area contributed by atoms with Crippen LogP contribution in [0, 0.1) is 11.7 Å². The van der Waals surface area contributed by atoms with Crippen LogP contribution in [-0.2, 0) is 9.53 Å². The highest BCUT2D eigenvalue weighted by molar-refractivity contribution is 5.83. The maximum absolute atomic E-state index is 13.0. The largest absolute Gasteiger partial charge is 0.385 e. The monoisotopic (exact) mass is 281 g/mol. The first kappa shape index (κ1) is 16.6. The summed E-state index contributed by atoms with van der Waals surface area (Å²) in [4.78, 5) is 12.3. The summed E-state index contributed by atoms with van der Waals surface area (Å²) >= 11 is 0.